The summed E-state index contributed by atoms with van der Waals surface area (Å²) in [4.78, 5) is 71.7. The van der Waals surface area contributed by atoms with Gasteiger partial charge in [-0.05, 0) is 83.3 Å². The van der Waals surface area contributed by atoms with Crippen LogP contribution in [0.25, 0.3) is 0 Å². The monoisotopic (exact) mass is 787 g/mol. The molecule has 0 unspecified atom stereocenters. The number of nitrogens with zero attached hydrogens (tertiary/aromatic N) is 2. The zero-order chi connectivity index (χ0) is 39.9. The fourth-order valence-corrected chi connectivity index (χ4v) is 9.96. The summed E-state index contributed by atoms with van der Waals surface area (Å²) in [7, 11) is -4.08. The lowest BCUT2D eigenvalue weighted by Gasteiger charge is -2.30. The van der Waals surface area contributed by atoms with Crippen molar-refractivity contribution in [3.63, 3.8) is 0 Å². The molecule has 302 valence electrons. The molecule has 2 aliphatic carbocycles. The smallest absolute Gasteiger partial charge is 0.410 e. The molecule has 5 atom stereocenters. The number of ether oxygens (including phenoxy) is 2. The van der Waals surface area contributed by atoms with Crippen LogP contribution >= 0.6 is 0 Å². The van der Waals surface area contributed by atoms with Gasteiger partial charge in [0.25, 0.3) is 5.91 Å². The molecule has 3 N–H and O–H groups in total. The summed E-state index contributed by atoms with van der Waals surface area (Å²) in [5.41, 5.74) is -1.39. The van der Waals surface area contributed by atoms with Gasteiger partial charge in [-0.25, -0.2) is 22.4 Å². The van der Waals surface area contributed by atoms with Crippen molar-refractivity contribution in [3.8, 4) is 0 Å². The van der Waals surface area contributed by atoms with Gasteiger partial charge in [0.1, 0.15) is 35.1 Å². The average Bonchev–Trinajstić information content (AvgIpc) is 3.90. The van der Waals surface area contributed by atoms with Crippen molar-refractivity contribution >= 4 is 39.9 Å². The Labute approximate surface area is 322 Å². The predicted molar refractivity (Wildman–Crippen MR) is 199 cm³/mol. The Balaban J connectivity index is 1.26. The van der Waals surface area contributed by atoms with Crippen LogP contribution in [-0.4, -0.2) is 88.7 Å². The van der Waals surface area contributed by atoms with Crippen LogP contribution in [0.4, 0.5) is 14.0 Å². The van der Waals surface area contributed by atoms with E-state index in [1.807, 2.05) is 26.0 Å². The lowest BCUT2D eigenvalue weighted by molar-refractivity contribution is -0.141. The van der Waals surface area contributed by atoms with E-state index in [0.717, 1.165) is 12.8 Å². The quantitative estimate of drug-likeness (QED) is 0.334. The molecule has 5 amide bonds. The van der Waals surface area contributed by atoms with Crippen LogP contribution in [0.3, 0.4) is 0 Å². The first-order valence-corrected chi connectivity index (χ1v) is 20.9. The molecule has 0 bridgehead atoms. The van der Waals surface area contributed by atoms with Gasteiger partial charge >= 0.3 is 12.2 Å². The van der Waals surface area contributed by atoms with Crippen molar-refractivity contribution in [2.24, 2.45) is 11.8 Å². The molecule has 1 aromatic rings. The molecular weight excluding hydrogens is 734 g/mol. The van der Waals surface area contributed by atoms with Gasteiger partial charge in [0.15, 0.2) is 0 Å². The van der Waals surface area contributed by atoms with E-state index in [1.54, 1.807) is 32.9 Å². The van der Waals surface area contributed by atoms with Gasteiger partial charge in [0.05, 0.1) is 17.8 Å². The van der Waals surface area contributed by atoms with E-state index in [4.69, 9.17) is 9.47 Å². The molecule has 0 aromatic heterocycles. The van der Waals surface area contributed by atoms with E-state index >= 15 is 0 Å². The Bertz CT molecular complexity index is 1840. The second-order valence-corrected chi connectivity index (χ2v) is 19.3. The average molecular weight is 788 g/mol. The van der Waals surface area contributed by atoms with E-state index < -0.39 is 85.7 Å². The predicted octanol–water partition coefficient (Wildman–Crippen LogP) is 4.56. The molecule has 0 spiro atoms. The zero-order valence-electron chi connectivity index (χ0n) is 32.3. The van der Waals surface area contributed by atoms with Gasteiger partial charge in [-0.1, -0.05) is 51.0 Å². The number of sulfonamides is 1. The largest absolute Gasteiger partial charge is 0.444 e. The number of halogens is 1. The third-order valence-electron chi connectivity index (χ3n) is 11.2. The van der Waals surface area contributed by atoms with Gasteiger partial charge in [-0.15, -0.1) is 0 Å². The zero-order valence-corrected chi connectivity index (χ0v) is 33.1. The number of nitrogens with one attached hydrogen (secondary N) is 3. The molecule has 0 radical (unpaired) electrons. The van der Waals surface area contributed by atoms with Gasteiger partial charge in [-0.3, -0.25) is 24.0 Å². The molecule has 3 fully saturated rings. The summed E-state index contributed by atoms with van der Waals surface area (Å²) < 4.78 is 54.2. The van der Waals surface area contributed by atoms with Crippen LogP contribution in [0.15, 0.2) is 30.4 Å². The fourth-order valence-electron chi connectivity index (χ4n) is 8.13. The summed E-state index contributed by atoms with van der Waals surface area (Å²) in [5, 5.41) is 5.51. The van der Waals surface area contributed by atoms with Crippen LogP contribution in [0, 0.1) is 17.7 Å². The number of benzene rings is 1. The molecule has 55 heavy (non-hydrogen) atoms. The maximum Gasteiger partial charge on any atom is 0.410 e. The van der Waals surface area contributed by atoms with Crippen molar-refractivity contribution in [1.82, 2.24) is 25.2 Å². The third kappa shape index (κ3) is 8.94. The highest BCUT2D eigenvalue weighted by Gasteiger charge is 2.64. The molecule has 16 heteroatoms. The van der Waals surface area contributed by atoms with Gasteiger partial charge < -0.3 is 25.0 Å². The summed E-state index contributed by atoms with van der Waals surface area (Å²) >= 11 is 0. The summed E-state index contributed by atoms with van der Waals surface area (Å²) in [6.45, 7) is 8.87. The number of alkyl carbamates (subject to hydrolysis) is 1. The first-order chi connectivity index (χ1) is 25.8. The lowest BCUT2D eigenvalue weighted by Crippen LogP contribution is -2.59. The minimum Gasteiger partial charge on any atom is -0.444 e. The first-order valence-electron chi connectivity index (χ1n) is 19.4. The molecule has 1 aromatic carbocycles. The topological polar surface area (TPSA) is 181 Å². The van der Waals surface area contributed by atoms with Crippen LogP contribution in [-0.2, 0) is 47.0 Å². The highest BCUT2D eigenvalue weighted by molar-refractivity contribution is 7.91. The van der Waals surface area contributed by atoms with E-state index in [9.17, 15) is 36.8 Å². The van der Waals surface area contributed by atoms with Crippen LogP contribution < -0.4 is 15.4 Å². The van der Waals surface area contributed by atoms with Crippen LogP contribution in [0.5, 0.6) is 0 Å². The van der Waals surface area contributed by atoms with Crippen molar-refractivity contribution in [1.29, 1.82) is 0 Å². The normalized spacial score (nSPS) is 28.4. The van der Waals surface area contributed by atoms with E-state index in [1.165, 1.54) is 15.9 Å². The number of amides is 5. The number of carbonyl (C=O) groups is 5. The Morgan fingerprint density at radius 1 is 1.09 bits per heavy atom. The van der Waals surface area contributed by atoms with E-state index in [0.29, 0.717) is 43.2 Å². The first kappa shape index (κ1) is 40.5. The third-order valence-corrected chi connectivity index (χ3v) is 13.3. The highest BCUT2D eigenvalue weighted by Crippen LogP contribution is 2.50. The standard InChI is InChI=1S/C39H54FN5O9S/c1-24(2)19-38(16-17-38)55(51,52)43-34(48)39-20-26(39)13-9-7-6-8-10-15-30(41-35(49)54-37(3,4)5)33(47)45-22-27(18-31(45)32(46)42-39)53-36(50)44-21-25-12-11-14-29(40)28(25)23-44/h9,11-14,24,26-27,30-31H,6-8,10,15-23H2,1-5H3,(H,41,49)(H,42,46)(H,43,48)/b13-9-/t26-,27-,30+,31+,39-/m1/s1. The van der Waals surface area contributed by atoms with Crippen molar-refractivity contribution < 1.29 is 46.3 Å². The summed E-state index contributed by atoms with van der Waals surface area (Å²) in [6, 6.07) is 2.29. The van der Waals surface area contributed by atoms with Gasteiger partial charge in [-0.2, -0.15) is 0 Å². The Morgan fingerprint density at radius 3 is 2.51 bits per heavy atom. The molecule has 2 saturated carbocycles. The highest BCUT2D eigenvalue weighted by atomic mass is 32.2. The maximum atomic E-state index is 14.5. The number of fused-ring (bicyclic) bond motifs is 3. The molecule has 14 nitrogen and oxygen atoms in total. The van der Waals surface area contributed by atoms with Crippen molar-refractivity contribution in [3.05, 3.63) is 47.3 Å². The molecule has 6 rings (SSSR count). The van der Waals surface area contributed by atoms with Crippen molar-refractivity contribution in [2.45, 2.75) is 146 Å². The van der Waals surface area contributed by atoms with Crippen LogP contribution in [0.2, 0.25) is 0 Å². The Hall–Kier alpha value is -4.21. The van der Waals surface area contributed by atoms with Crippen LogP contribution in [0.1, 0.15) is 110 Å². The molecule has 3 heterocycles. The summed E-state index contributed by atoms with van der Waals surface area (Å²) in [5.74, 6) is -2.98. The van der Waals surface area contributed by atoms with E-state index in [-0.39, 0.29) is 44.8 Å². The van der Waals surface area contributed by atoms with E-state index in [2.05, 4.69) is 15.4 Å². The fraction of sp³-hybridized carbons (Fsp3) is 0.667. The second kappa shape index (κ2) is 15.4. The number of carbonyl (C=O) groups excluding carboxylic acids is 5. The second-order valence-electron chi connectivity index (χ2n) is 17.2. The Kier molecular flexibility index (Phi) is 11.3. The van der Waals surface area contributed by atoms with Gasteiger partial charge in [0.2, 0.25) is 21.8 Å². The molecule has 1 saturated heterocycles. The summed E-state index contributed by atoms with van der Waals surface area (Å²) in [6.07, 6.45) is 5.48. The van der Waals surface area contributed by atoms with Crippen molar-refractivity contribution in [2.75, 3.05) is 6.54 Å². The molecule has 3 aliphatic heterocycles. The maximum absolute atomic E-state index is 14.5. The Morgan fingerprint density at radius 2 is 1.84 bits per heavy atom. The van der Waals surface area contributed by atoms with Gasteiger partial charge in [0, 0.05) is 24.4 Å². The lowest BCUT2D eigenvalue weighted by atomic mass is 10.0. The SMILES string of the molecule is CC(C)CC1(S(=O)(=O)NC(=O)[C@@]23C[C@H]2/C=C\CCCCC[C@H](NC(=O)OC(C)(C)C)C(=O)N2C[C@H](OC(=O)N4Cc5cccc(F)c5C4)C[C@H]2C(=O)N3)CC1. The minimum atomic E-state index is -4.08. The molecule has 5 aliphatic rings. The minimum absolute atomic E-state index is 0.00407. The molecular formula is C39H54FN5O9S. The number of allylic oxidation sites excluding steroid dienone is 1. The number of rotatable bonds is 7. The number of hydrogen-bond donors (Lipinski definition) is 3. The number of hydrogen-bond acceptors (Lipinski definition) is 9.